The predicted molar refractivity (Wildman–Crippen MR) is 82.5 cm³/mol. The summed E-state index contributed by atoms with van der Waals surface area (Å²) < 4.78 is 45.7. The maximum absolute atomic E-state index is 13.4. The second kappa shape index (κ2) is 4.59. The number of hydrogen-bond acceptors (Lipinski definition) is 2. The minimum atomic E-state index is -4.55. The number of halogens is 3. The predicted octanol–water partition coefficient (Wildman–Crippen LogP) is 5.12. The van der Waals surface area contributed by atoms with E-state index in [1.165, 1.54) is 18.2 Å². The first-order valence-corrected chi connectivity index (χ1v) is 6.91. The van der Waals surface area contributed by atoms with Gasteiger partial charge in [0.05, 0.1) is 16.3 Å². The molecule has 2 nitrogen and oxygen atoms in total. The molecule has 3 aromatic carbocycles. The van der Waals surface area contributed by atoms with Crippen LogP contribution in [-0.4, -0.2) is 0 Å². The average Bonchev–Trinajstić information content (AvgIpc) is 2.53. The van der Waals surface area contributed by atoms with E-state index in [1.807, 2.05) is 0 Å². The molecule has 114 valence electrons. The van der Waals surface area contributed by atoms with Crippen molar-refractivity contribution in [3.05, 3.63) is 70.4 Å². The smallest absolute Gasteiger partial charge is 0.417 e. The minimum absolute atomic E-state index is 0.0332. The molecule has 0 aliphatic carbocycles. The lowest BCUT2D eigenvalue weighted by atomic mass is 9.99. The third-order valence-electron chi connectivity index (χ3n) is 3.89. The Morgan fingerprint density at radius 3 is 2.35 bits per heavy atom. The van der Waals surface area contributed by atoms with Crippen LogP contribution in [0.3, 0.4) is 0 Å². The highest BCUT2D eigenvalue weighted by Gasteiger charge is 2.33. The molecule has 4 rings (SSSR count). The molecule has 23 heavy (non-hydrogen) atoms. The summed E-state index contributed by atoms with van der Waals surface area (Å²) in [5.74, 6) is 0. The highest BCUT2D eigenvalue weighted by Crippen LogP contribution is 2.37. The second-order valence-electron chi connectivity index (χ2n) is 5.27. The summed E-state index contributed by atoms with van der Waals surface area (Å²) in [5, 5.41) is 0.477. The molecule has 0 aliphatic rings. The van der Waals surface area contributed by atoms with E-state index in [0.29, 0.717) is 11.0 Å². The molecule has 5 heteroatoms. The minimum Gasteiger partial charge on any atom is -0.456 e. The normalized spacial score (nSPS) is 12.3. The van der Waals surface area contributed by atoms with Gasteiger partial charge in [-0.1, -0.05) is 30.3 Å². The Kier molecular flexibility index (Phi) is 2.75. The van der Waals surface area contributed by atoms with Crippen molar-refractivity contribution in [2.45, 2.75) is 6.18 Å². The second-order valence-corrected chi connectivity index (χ2v) is 5.27. The van der Waals surface area contributed by atoms with Gasteiger partial charge < -0.3 is 4.42 Å². The molecule has 0 saturated heterocycles. The van der Waals surface area contributed by atoms with Crippen molar-refractivity contribution >= 4 is 32.7 Å². The molecule has 0 amide bonds. The van der Waals surface area contributed by atoms with Crippen molar-refractivity contribution in [2.75, 3.05) is 0 Å². The molecule has 0 fully saturated rings. The average molecular weight is 314 g/mol. The molecule has 0 aliphatic heterocycles. The number of hydrogen-bond donors (Lipinski definition) is 0. The van der Waals surface area contributed by atoms with Crippen LogP contribution < -0.4 is 5.43 Å². The summed E-state index contributed by atoms with van der Waals surface area (Å²) >= 11 is 0. The monoisotopic (exact) mass is 314 g/mol. The van der Waals surface area contributed by atoms with E-state index in [4.69, 9.17) is 4.42 Å². The standard InChI is InChI=1S/C18H9F3O2/c19-18(20,21)12-6-3-4-10-8-9-14-16(15(10)12)17(22)11-5-1-2-7-13(11)23-14/h1-9H. The van der Waals surface area contributed by atoms with Crippen LogP contribution in [-0.2, 0) is 6.18 Å². The molecule has 4 aromatic rings. The Morgan fingerprint density at radius 2 is 1.57 bits per heavy atom. The quantitative estimate of drug-likeness (QED) is 0.333. The van der Waals surface area contributed by atoms with Crippen LogP contribution in [0.5, 0.6) is 0 Å². The maximum Gasteiger partial charge on any atom is 0.417 e. The Morgan fingerprint density at radius 1 is 0.783 bits per heavy atom. The van der Waals surface area contributed by atoms with Crippen molar-refractivity contribution in [1.29, 1.82) is 0 Å². The summed E-state index contributed by atoms with van der Waals surface area (Å²) in [4.78, 5) is 12.8. The van der Waals surface area contributed by atoms with Crippen molar-refractivity contribution in [3.8, 4) is 0 Å². The van der Waals surface area contributed by atoms with Crippen molar-refractivity contribution < 1.29 is 17.6 Å². The molecule has 0 radical (unpaired) electrons. The van der Waals surface area contributed by atoms with Gasteiger partial charge in [0, 0.05) is 5.39 Å². The number of benzene rings is 3. The lowest BCUT2D eigenvalue weighted by Gasteiger charge is -2.12. The summed E-state index contributed by atoms with van der Waals surface area (Å²) in [5.41, 5.74) is -0.779. The third kappa shape index (κ3) is 2.00. The SMILES string of the molecule is O=c1c2ccccc2oc2ccc3cccc(C(F)(F)F)c3c12. The third-order valence-corrected chi connectivity index (χ3v) is 3.89. The number of rotatable bonds is 0. The number of para-hydroxylation sites is 1. The first-order valence-electron chi connectivity index (χ1n) is 6.91. The van der Waals surface area contributed by atoms with Crippen molar-refractivity contribution in [3.63, 3.8) is 0 Å². The van der Waals surface area contributed by atoms with Gasteiger partial charge in [-0.2, -0.15) is 13.2 Å². The zero-order valence-electron chi connectivity index (χ0n) is 11.6. The fraction of sp³-hybridized carbons (Fsp3) is 0.0556. The van der Waals surface area contributed by atoms with Gasteiger partial charge in [-0.05, 0) is 29.7 Å². The fourth-order valence-corrected chi connectivity index (χ4v) is 2.90. The zero-order chi connectivity index (χ0) is 16.2. The molecular weight excluding hydrogens is 305 g/mol. The van der Waals surface area contributed by atoms with Crippen molar-refractivity contribution in [2.24, 2.45) is 0 Å². The number of fused-ring (bicyclic) bond motifs is 4. The van der Waals surface area contributed by atoms with E-state index in [1.54, 1.807) is 30.3 Å². The lowest BCUT2D eigenvalue weighted by Crippen LogP contribution is -2.09. The summed E-state index contributed by atoms with van der Waals surface area (Å²) in [7, 11) is 0. The molecule has 0 unspecified atom stereocenters. The van der Waals surface area contributed by atoms with E-state index < -0.39 is 17.2 Å². The summed E-state index contributed by atoms with van der Waals surface area (Å²) in [6.07, 6.45) is -4.55. The Hall–Kier alpha value is -2.82. The van der Waals surface area contributed by atoms with Gasteiger partial charge in [0.25, 0.3) is 0 Å². The van der Waals surface area contributed by atoms with Gasteiger partial charge in [0.1, 0.15) is 11.2 Å². The molecule has 0 saturated carbocycles. The largest absolute Gasteiger partial charge is 0.456 e. The van der Waals surface area contributed by atoms with Gasteiger partial charge >= 0.3 is 6.18 Å². The van der Waals surface area contributed by atoms with Crippen LogP contribution in [0.2, 0.25) is 0 Å². The zero-order valence-corrected chi connectivity index (χ0v) is 11.6. The highest BCUT2D eigenvalue weighted by atomic mass is 19.4. The first-order chi connectivity index (χ1) is 11.0. The molecule has 0 N–H and O–H groups in total. The summed E-state index contributed by atoms with van der Waals surface area (Å²) in [6.45, 7) is 0. The Bertz CT molecular complexity index is 1120. The van der Waals surface area contributed by atoms with Crippen LogP contribution in [0.4, 0.5) is 13.2 Å². The molecular formula is C18H9F3O2. The van der Waals surface area contributed by atoms with E-state index in [2.05, 4.69) is 0 Å². The molecule has 0 atom stereocenters. The van der Waals surface area contributed by atoms with Gasteiger partial charge in [-0.3, -0.25) is 4.79 Å². The molecule has 1 heterocycles. The highest BCUT2D eigenvalue weighted by molar-refractivity contribution is 6.09. The van der Waals surface area contributed by atoms with Gasteiger partial charge in [0.15, 0.2) is 0 Å². The first kappa shape index (κ1) is 13.8. The lowest BCUT2D eigenvalue weighted by molar-refractivity contribution is -0.136. The van der Waals surface area contributed by atoms with Gasteiger partial charge in [0.2, 0.25) is 5.43 Å². The fourth-order valence-electron chi connectivity index (χ4n) is 2.90. The Balaban J connectivity index is 2.33. The molecule has 0 spiro atoms. The summed E-state index contributed by atoms with van der Waals surface area (Å²) in [6, 6.07) is 13.5. The van der Waals surface area contributed by atoms with Gasteiger partial charge in [-0.25, -0.2) is 0 Å². The van der Waals surface area contributed by atoms with Crippen LogP contribution >= 0.6 is 0 Å². The molecule has 1 aromatic heterocycles. The van der Waals surface area contributed by atoms with E-state index in [9.17, 15) is 18.0 Å². The maximum atomic E-state index is 13.4. The van der Waals surface area contributed by atoms with E-state index >= 15 is 0 Å². The van der Waals surface area contributed by atoms with Crippen LogP contribution in [0.15, 0.2) is 63.8 Å². The van der Waals surface area contributed by atoms with Crippen LogP contribution in [0.25, 0.3) is 32.7 Å². The van der Waals surface area contributed by atoms with E-state index in [0.717, 1.165) is 6.07 Å². The topological polar surface area (TPSA) is 30.2 Å². The number of alkyl halides is 3. The van der Waals surface area contributed by atoms with Crippen LogP contribution in [0, 0.1) is 0 Å². The van der Waals surface area contributed by atoms with Crippen LogP contribution in [0.1, 0.15) is 5.56 Å². The van der Waals surface area contributed by atoms with Crippen molar-refractivity contribution in [1.82, 2.24) is 0 Å². The van der Waals surface area contributed by atoms with E-state index in [-0.39, 0.29) is 21.7 Å². The van der Waals surface area contributed by atoms with Gasteiger partial charge in [-0.15, -0.1) is 0 Å². The molecule has 0 bridgehead atoms. The Labute approximate surface area is 127 Å².